The molecule has 2 aromatic rings. The summed E-state index contributed by atoms with van der Waals surface area (Å²) in [6, 6.07) is 14.7. The first-order chi connectivity index (χ1) is 9.17. The van der Waals surface area contributed by atoms with Crippen LogP contribution in [0.3, 0.4) is 0 Å². The summed E-state index contributed by atoms with van der Waals surface area (Å²) in [6.45, 7) is 2.11. The van der Waals surface area contributed by atoms with Crippen molar-refractivity contribution in [3.05, 3.63) is 63.6 Å². The summed E-state index contributed by atoms with van der Waals surface area (Å²) in [5.41, 5.74) is 3.70. The number of halogens is 1. The molecule has 1 atom stereocenters. The van der Waals surface area contributed by atoms with E-state index in [4.69, 9.17) is 4.74 Å². The minimum Gasteiger partial charge on any atom is -0.497 e. The van der Waals surface area contributed by atoms with Crippen molar-refractivity contribution in [3.63, 3.8) is 0 Å². The van der Waals surface area contributed by atoms with Crippen molar-refractivity contribution in [2.75, 3.05) is 14.2 Å². The van der Waals surface area contributed by atoms with Crippen LogP contribution in [0.2, 0.25) is 0 Å². The van der Waals surface area contributed by atoms with Crippen LogP contribution in [0, 0.1) is 6.92 Å². The molecule has 0 bridgehead atoms. The smallest absolute Gasteiger partial charge is 0.118 e. The van der Waals surface area contributed by atoms with Crippen molar-refractivity contribution in [2.24, 2.45) is 0 Å². The minimum absolute atomic E-state index is 0.167. The molecule has 2 rings (SSSR count). The summed E-state index contributed by atoms with van der Waals surface area (Å²) >= 11 is 3.68. The van der Waals surface area contributed by atoms with Crippen LogP contribution >= 0.6 is 15.9 Å². The van der Waals surface area contributed by atoms with Crippen molar-refractivity contribution < 1.29 is 4.74 Å². The number of ether oxygens (including phenoxy) is 1. The Morgan fingerprint density at radius 1 is 1.11 bits per heavy atom. The number of rotatable bonds is 4. The van der Waals surface area contributed by atoms with Crippen molar-refractivity contribution >= 4 is 15.9 Å². The summed E-state index contributed by atoms with van der Waals surface area (Å²) in [7, 11) is 3.66. The van der Waals surface area contributed by atoms with Crippen molar-refractivity contribution in [2.45, 2.75) is 13.0 Å². The van der Waals surface area contributed by atoms with Gasteiger partial charge in [-0.15, -0.1) is 0 Å². The fourth-order valence-corrected chi connectivity index (χ4v) is 2.68. The fourth-order valence-electron chi connectivity index (χ4n) is 2.19. The lowest BCUT2D eigenvalue weighted by Gasteiger charge is -2.20. The van der Waals surface area contributed by atoms with Crippen LogP contribution in [0.25, 0.3) is 0 Å². The molecule has 1 N–H and O–H groups in total. The number of nitrogens with one attached hydrogen (secondary N) is 1. The second-order valence-corrected chi connectivity index (χ2v) is 5.27. The summed E-state index contributed by atoms with van der Waals surface area (Å²) in [6.07, 6.45) is 0. The molecule has 2 nitrogen and oxygen atoms in total. The van der Waals surface area contributed by atoms with E-state index in [9.17, 15) is 0 Å². The molecule has 0 aliphatic carbocycles. The lowest BCUT2D eigenvalue weighted by atomic mass is 9.97. The van der Waals surface area contributed by atoms with E-state index in [1.165, 1.54) is 16.7 Å². The molecule has 0 heterocycles. The Morgan fingerprint density at radius 2 is 1.79 bits per heavy atom. The molecule has 1 unspecified atom stereocenters. The quantitative estimate of drug-likeness (QED) is 0.917. The van der Waals surface area contributed by atoms with Crippen LogP contribution < -0.4 is 10.1 Å². The van der Waals surface area contributed by atoms with Gasteiger partial charge in [0.1, 0.15) is 5.75 Å². The highest BCUT2D eigenvalue weighted by Gasteiger charge is 2.15. The summed E-state index contributed by atoms with van der Waals surface area (Å²) < 4.78 is 6.36. The number of aryl methyl sites for hydroxylation is 1. The molecule has 0 saturated carbocycles. The average Bonchev–Trinajstić information content (AvgIpc) is 2.45. The first-order valence-electron chi connectivity index (χ1n) is 6.23. The first-order valence-corrected chi connectivity index (χ1v) is 7.03. The molecule has 0 radical (unpaired) electrons. The van der Waals surface area contributed by atoms with E-state index in [1.54, 1.807) is 7.11 Å². The van der Waals surface area contributed by atoms with E-state index in [0.717, 1.165) is 10.2 Å². The normalized spacial score (nSPS) is 12.2. The average molecular weight is 320 g/mol. The van der Waals surface area contributed by atoms with Gasteiger partial charge in [-0.1, -0.05) is 46.3 Å². The van der Waals surface area contributed by atoms with Gasteiger partial charge in [0.05, 0.1) is 13.2 Å². The maximum atomic E-state index is 5.20. The topological polar surface area (TPSA) is 21.3 Å². The molecule has 0 aliphatic heterocycles. The number of methoxy groups -OCH3 is 1. The van der Waals surface area contributed by atoms with Crippen molar-refractivity contribution in [3.8, 4) is 5.75 Å². The van der Waals surface area contributed by atoms with E-state index in [0.29, 0.717) is 0 Å². The maximum Gasteiger partial charge on any atom is 0.118 e. The minimum atomic E-state index is 0.167. The van der Waals surface area contributed by atoms with Gasteiger partial charge in [0.25, 0.3) is 0 Å². The second kappa shape index (κ2) is 6.22. The molecule has 0 spiro atoms. The van der Waals surface area contributed by atoms with Gasteiger partial charge in [-0.05, 0) is 42.8 Å². The summed E-state index contributed by atoms with van der Waals surface area (Å²) in [5.74, 6) is 0.877. The Balaban J connectivity index is 2.40. The van der Waals surface area contributed by atoms with Gasteiger partial charge in [0.2, 0.25) is 0 Å². The zero-order valence-electron chi connectivity index (χ0n) is 11.4. The van der Waals surface area contributed by atoms with E-state index >= 15 is 0 Å². The lowest BCUT2D eigenvalue weighted by molar-refractivity contribution is 0.414. The maximum absolute atomic E-state index is 5.20. The Hall–Kier alpha value is -1.32. The molecule has 0 aromatic heterocycles. The summed E-state index contributed by atoms with van der Waals surface area (Å²) in [5, 5.41) is 3.37. The molecular weight excluding hydrogens is 302 g/mol. The van der Waals surface area contributed by atoms with Gasteiger partial charge < -0.3 is 10.1 Å². The Morgan fingerprint density at radius 3 is 2.37 bits per heavy atom. The number of hydrogen-bond acceptors (Lipinski definition) is 2. The predicted octanol–water partition coefficient (Wildman–Crippen LogP) is 4.07. The van der Waals surface area contributed by atoms with Crippen LogP contribution in [0.1, 0.15) is 22.7 Å². The van der Waals surface area contributed by atoms with Gasteiger partial charge >= 0.3 is 0 Å². The third kappa shape index (κ3) is 2.99. The van der Waals surface area contributed by atoms with Crippen molar-refractivity contribution in [1.29, 1.82) is 0 Å². The van der Waals surface area contributed by atoms with Gasteiger partial charge in [0, 0.05) is 4.47 Å². The van der Waals surface area contributed by atoms with Crippen LogP contribution in [0.4, 0.5) is 0 Å². The SMILES string of the molecule is CNC(c1ccc(OC)cc1)c1cccc(C)c1Br. The second-order valence-electron chi connectivity index (χ2n) is 4.47. The van der Waals surface area contributed by atoms with Crippen LogP contribution in [-0.4, -0.2) is 14.2 Å². The largest absolute Gasteiger partial charge is 0.497 e. The van der Waals surface area contributed by atoms with Crippen molar-refractivity contribution in [1.82, 2.24) is 5.32 Å². The highest BCUT2D eigenvalue weighted by Crippen LogP contribution is 2.31. The zero-order valence-corrected chi connectivity index (χ0v) is 13.0. The molecule has 0 fully saturated rings. The van der Waals surface area contributed by atoms with Crippen LogP contribution in [0.5, 0.6) is 5.75 Å². The fraction of sp³-hybridized carbons (Fsp3) is 0.250. The van der Waals surface area contributed by atoms with E-state index in [1.807, 2.05) is 19.2 Å². The molecule has 0 amide bonds. The molecule has 2 aromatic carbocycles. The molecule has 19 heavy (non-hydrogen) atoms. The van der Waals surface area contributed by atoms with Gasteiger partial charge in [-0.25, -0.2) is 0 Å². The number of hydrogen-bond donors (Lipinski definition) is 1. The highest BCUT2D eigenvalue weighted by molar-refractivity contribution is 9.10. The first kappa shape index (κ1) is 14.1. The van der Waals surface area contributed by atoms with E-state index in [2.05, 4.69) is 58.5 Å². The molecule has 3 heteroatoms. The van der Waals surface area contributed by atoms with Crippen LogP contribution in [-0.2, 0) is 0 Å². The lowest BCUT2D eigenvalue weighted by Crippen LogP contribution is -2.18. The predicted molar refractivity (Wildman–Crippen MR) is 82.8 cm³/mol. The van der Waals surface area contributed by atoms with Gasteiger partial charge in [-0.2, -0.15) is 0 Å². The Labute approximate surface area is 122 Å². The highest BCUT2D eigenvalue weighted by atomic mass is 79.9. The monoisotopic (exact) mass is 319 g/mol. The molecular formula is C16H18BrNO. The van der Waals surface area contributed by atoms with Gasteiger partial charge in [-0.3, -0.25) is 0 Å². The summed E-state index contributed by atoms with van der Waals surface area (Å²) in [4.78, 5) is 0. The molecule has 100 valence electrons. The molecule has 0 saturated heterocycles. The Bertz CT molecular complexity index is 551. The van der Waals surface area contributed by atoms with E-state index < -0.39 is 0 Å². The third-order valence-corrected chi connectivity index (χ3v) is 4.35. The van der Waals surface area contributed by atoms with Crippen LogP contribution in [0.15, 0.2) is 46.9 Å². The van der Waals surface area contributed by atoms with E-state index in [-0.39, 0.29) is 6.04 Å². The molecule has 0 aliphatic rings. The third-order valence-electron chi connectivity index (χ3n) is 3.27. The Kier molecular flexibility index (Phi) is 4.61. The number of benzene rings is 2. The zero-order chi connectivity index (χ0) is 13.8. The van der Waals surface area contributed by atoms with Gasteiger partial charge in [0.15, 0.2) is 0 Å². The standard InChI is InChI=1S/C16H18BrNO/c1-11-5-4-6-14(15(11)17)16(18-2)12-7-9-13(19-3)10-8-12/h4-10,16,18H,1-3H3.